The first-order chi connectivity index (χ1) is 15.6. The second-order valence-electron chi connectivity index (χ2n) is 7.09. The number of carbonyl (C=O) groups excluding carboxylic acids is 2. The van der Waals surface area contributed by atoms with Crippen molar-refractivity contribution in [3.05, 3.63) is 107 Å². The predicted molar refractivity (Wildman–Crippen MR) is 122 cm³/mol. The summed E-state index contributed by atoms with van der Waals surface area (Å²) >= 11 is 0. The molecule has 0 atom stereocenters. The highest BCUT2D eigenvalue weighted by Gasteiger charge is 2.26. The lowest BCUT2D eigenvalue weighted by Gasteiger charge is -2.10. The fourth-order valence-electron chi connectivity index (χ4n) is 3.38. The van der Waals surface area contributed by atoms with Gasteiger partial charge in [0.25, 0.3) is 0 Å². The average molecular weight is 426 g/mol. The molecule has 0 amide bonds. The van der Waals surface area contributed by atoms with Gasteiger partial charge in [0.2, 0.25) is 0 Å². The van der Waals surface area contributed by atoms with E-state index in [1.807, 2.05) is 54.6 Å². The standard InChI is InChI=1S/C27H22O5/c1-2-30-26(28)17-24-23-11-7-6-10-20(23)16-25(24)27(29)32-22-14-12-21(13-15-22)31-18-19-8-4-3-5-9-19/h3-17H,2,18H2,1H3/b24-17+. The predicted octanol–water partition coefficient (Wildman–Crippen LogP) is 5.21. The smallest absolute Gasteiger partial charge is 0.344 e. The number of hydrogen-bond donors (Lipinski definition) is 0. The third-order valence-electron chi connectivity index (χ3n) is 4.89. The van der Waals surface area contributed by atoms with Gasteiger partial charge in [-0.2, -0.15) is 0 Å². The Morgan fingerprint density at radius 2 is 1.53 bits per heavy atom. The van der Waals surface area contributed by atoms with E-state index in [1.54, 1.807) is 37.3 Å². The lowest BCUT2D eigenvalue weighted by Crippen LogP contribution is -2.12. The van der Waals surface area contributed by atoms with Crippen LogP contribution in [0, 0.1) is 0 Å². The summed E-state index contributed by atoms with van der Waals surface area (Å²) in [7, 11) is 0. The Kier molecular flexibility index (Phi) is 6.46. The molecule has 160 valence electrons. The zero-order valence-electron chi connectivity index (χ0n) is 17.6. The van der Waals surface area contributed by atoms with Crippen molar-refractivity contribution in [2.75, 3.05) is 6.61 Å². The molecule has 0 radical (unpaired) electrons. The second-order valence-corrected chi connectivity index (χ2v) is 7.09. The van der Waals surface area contributed by atoms with Gasteiger partial charge in [0.15, 0.2) is 0 Å². The summed E-state index contributed by atoms with van der Waals surface area (Å²) in [5, 5.41) is 0. The minimum Gasteiger partial charge on any atom is -0.489 e. The van der Waals surface area contributed by atoms with Crippen molar-refractivity contribution >= 4 is 23.6 Å². The van der Waals surface area contributed by atoms with Gasteiger partial charge in [-0.15, -0.1) is 0 Å². The molecular formula is C27H22O5. The molecule has 3 aromatic rings. The van der Waals surface area contributed by atoms with Crippen LogP contribution in [-0.4, -0.2) is 18.5 Å². The Balaban J connectivity index is 1.46. The topological polar surface area (TPSA) is 61.8 Å². The molecule has 0 spiro atoms. The van der Waals surface area contributed by atoms with Gasteiger partial charge < -0.3 is 14.2 Å². The zero-order chi connectivity index (χ0) is 22.3. The molecule has 0 aromatic heterocycles. The van der Waals surface area contributed by atoms with Gasteiger partial charge in [-0.25, -0.2) is 9.59 Å². The quantitative estimate of drug-likeness (QED) is 0.295. The molecule has 0 unspecified atom stereocenters. The molecule has 0 aliphatic heterocycles. The number of esters is 2. The average Bonchev–Trinajstić information content (AvgIpc) is 3.18. The number of carbonyl (C=O) groups is 2. The van der Waals surface area contributed by atoms with E-state index in [-0.39, 0.29) is 6.61 Å². The molecule has 32 heavy (non-hydrogen) atoms. The summed E-state index contributed by atoms with van der Waals surface area (Å²) in [4.78, 5) is 25.0. The maximum Gasteiger partial charge on any atom is 0.344 e. The third kappa shape index (κ3) is 4.95. The van der Waals surface area contributed by atoms with Crippen LogP contribution < -0.4 is 9.47 Å². The lowest BCUT2D eigenvalue weighted by molar-refractivity contribution is -0.137. The second kappa shape index (κ2) is 9.79. The molecule has 4 rings (SSSR count). The highest BCUT2D eigenvalue weighted by atomic mass is 16.5. The number of fused-ring (bicyclic) bond motifs is 1. The molecule has 1 aliphatic carbocycles. The van der Waals surface area contributed by atoms with Crippen LogP contribution in [0.4, 0.5) is 0 Å². The van der Waals surface area contributed by atoms with Crippen LogP contribution in [0.2, 0.25) is 0 Å². The first-order valence-electron chi connectivity index (χ1n) is 10.3. The molecule has 1 aliphatic rings. The lowest BCUT2D eigenvalue weighted by atomic mass is 10.0. The molecule has 5 heteroatoms. The number of ether oxygens (including phenoxy) is 3. The van der Waals surface area contributed by atoms with Crippen LogP contribution in [0.5, 0.6) is 11.5 Å². The molecule has 0 N–H and O–H groups in total. The Hall–Kier alpha value is -4.12. The molecule has 0 fully saturated rings. The van der Waals surface area contributed by atoms with Crippen molar-refractivity contribution in [2.24, 2.45) is 0 Å². The van der Waals surface area contributed by atoms with E-state index in [0.717, 1.165) is 16.7 Å². The van der Waals surface area contributed by atoms with Gasteiger partial charge in [-0.1, -0.05) is 54.6 Å². The molecular weight excluding hydrogens is 404 g/mol. The molecule has 0 bridgehead atoms. The van der Waals surface area contributed by atoms with Crippen molar-refractivity contribution in [3.63, 3.8) is 0 Å². The van der Waals surface area contributed by atoms with E-state index < -0.39 is 11.9 Å². The largest absolute Gasteiger partial charge is 0.489 e. The third-order valence-corrected chi connectivity index (χ3v) is 4.89. The van der Waals surface area contributed by atoms with Crippen LogP contribution in [-0.2, 0) is 20.9 Å². The minimum atomic E-state index is -0.547. The molecule has 0 saturated carbocycles. The Morgan fingerprint density at radius 1 is 0.844 bits per heavy atom. The van der Waals surface area contributed by atoms with Crippen LogP contribution in [0.1, 0.15) is 23.6 Å². The Morgan fingerprint density at radius 3 is 2.28 bits per heavy atom. The summed E-state index contributed by atoms with van der Waals surface area (Å²) in [6.45, 7) is 2.44. The minimum absolute atomic E-state index is 0.256. The maximum absolute atomic E-state index is 12.9. The van der Waals surface area contributed by atoms with Gasteiger partial charge >= 0.3 is 11.9 Å². The summed E-state index contributed by atoms with van der Waals surface area (Å²) in [5.74, 6) is 0.00552. The Bertz CT molecular complexity index is 1170. The van der Waals surface area contributed by atoms with Gasteiger partial charge in [0, 0.05) is 11.6 Å². The summed E-state index contributed by atoms with van der Waals surface area (Å²) in [5.41, 5.74) is 3.50. The fourth-order valence-corrected chi connectivity index (χ4v) is 3.38. The fraction of sp³-hybridized carbons (Fsp3) is 0.111. The first-order valence-corrected chi connectivity index (χ1v) is 10.3. The van der Waals surface area contributed by atoms with Gasteiger partial charge in [-0.05, 0) is 54.0 Å². The molecule has 0 saturated heterocycles. The monoisotopic (exact) mass is 426 g/mol. The van der Waals surface area contributed by atoms with Crippen molar-refractivity contribution in [2.45, 2.75) is 13.5 Å². The molecule has 5 nitrogen and oxygen atoms in total. The first kappa shape index (κ1) is 21.1. The number of rotatable bonds is 7. The van der Waals surface area contributed by atoms with Gasteiger partial charge in [0.1, 0.15) is 18.1 Å². The van der Waals surface area contributed by atoms with Crippen LogP contribution in [0.3, 0.4) is 0 Å². The van der Waals surface area contributed by atoms with Crippen molar-refractivity contribution < 1.29 is 23.8 Å². The van der Waals surface area contributed by atoms with Gasteiger partial charge in [-0.3, -0.25) is 0 Å². The van der Waals surface area contributed by atoms with Crippen LogP contribution >= 0.6 is 0 Å². The van der Waals surface area contributed by atoms with Crippen molar-refractivity contribution in [3.8, 4) is 11.5 Å². The van der Waals surface area contributed by atoms with Crippen LogP contribution in [0.15, 0.2) is 90.5 Å². The van der Waals surface area contributed by atoms with Crippen LogP contribution in [0.25, 0.3) is 11.6 Å². The molecule has 3 aromatic carbocycles. The Labute approximate surface area is 186 Å². The number of benzene rings is 3. The van der Waals surface area contributed by atoms with E-state index in [1.165, 1.54) is 6.08 Å². The van der Waals surface area contributed by atoms with E-state index in [4.69, 9.17) is 14.2 Å². The number of hydrogen-bond acceptors (Lipinski definition) is 5. The van der Waals surface area contributed by atoms with E-state index in [2.05, 4.69) is 0 Å². The summed E-state index contributed by atoms with van der Waals surface area (Å²) in [6, 6.07) is 24.2. The summed E-state index contributed by atoms with van der Waals surface area (Å²) < 4.78 is 16.4. The molecule has 0 heterocycles. The van der Waals surface area contributed by atoms with E-state index in [0.29, 0.717) is 29.3 Å². The summed E-state index contributed by atoms with van der Waals surface area (Å²) in [6.07, 6.45) is 3.06. The van der Waals surface area contributed by atoms with Crippen molar-refractivity contribution in [1.82, 2.24) is 0 Å². The normalized spacial score (nSPS) is 13.3. The highest BCUT2D eigenvalue weighted by molar-refractivity contribution is 6.18. The van der Waals surface area contributed by atoms with E-state index in [9.17, 15) is 9.59 Å². The van der Waals surface area contributed by atoms with E-state index >= 15 is 0 Å². The van der Waals surface area contributed by atoms with Crippen molar-refractivity contribution in [1.29, 1.82) is 0 Å². The zero-order valence-corrected chi connectivity index (χ0v) is 17.6. The SMILES string of the molecule is CCOC(=O)/C=C1/C(C(=O)Oc2ccc(OCc3ccccc3)cc2)=Cc2ccccc21. The highest BCUT2D eigenvalue weighted by Crippen LogP contribution is 2.36. The maximum atomic E-state index is 12.9. The van der Waals surface area contributed by atoms with Gasteiger partial charge in [0.05, 0.1) is 12.2 Å².